The van der Waals surface area contributed by atoms with E-state index < -0.39 is 5.82 Å². The van der Waals surface area contributed by atoms with Gasteiger partial charge in [0, 0.05) is 37.3 Å². The summed E-state index contributed by atoms with van der Waals surface area (Å²) < 4.78 is 14.4. The molecule has 4 rings (SSSR count). The van der Waals surface area contributed by atoms with Crippen molar-refractivity contribution in [1.82, 2.24) is 25.4 Å². The fraction of sp³-hybridized carbons (Fsp3) is 0.316. The van der Waals surface area contributed by atoms with Crippen LogP contribution in [-0.2, 0) is 0 Å². The minimum absolute atomic E-state index is 0.124. The molecule has 1 aliphatic heterocycles. The molecule has 3 heterocycles. The monoisotopic (exact) mass is 369 g/mol. The number of aryl methyl sites for hydroxylation is 1. The fourth-order valence-electron chi connectivity index (χ4n) is 3.49. The van der Waals surface area contributed by atoms with E-state index >= 15 is 0 Å². The highest BCUT2D eigenvalue weighted by atomic mass is 19.1. The van der Waals surface area contributed by atoms with Gasteiger partial charge in [-0.1, -0.05) is 0 Å². The van der Waals surface area contributed by atoms with Crippen LogP contribution in [0.3, 0.4) is 0 Å². The minimum atomic E-state index is -0.604. The number of nitrogens with zero attached hydrogens (tertiary/aromatic N) is 3. The van der Waals surface area contributed by atoms with Gasteiger partial charge < -0.3 is 15.3 Å². The molecular formula is C19H20FN5O2. The van der Waals surface area contributed by atoms with E-state index in [0.29, 0.717) is 41.1 Å². The number of aromatic nitrogens is 3. The standard InChI is InChI=1S/C19H20FN5O2/c1-10-9-25(6-5-21-10)19(27)14-8-16(13-4-3-12(26)7-15(13)20)22-18-17(14)11(2)23-24-18/h3-4,7-8,10,21,26H,5-6,9H2,1-2H3,(H,22,23,24). The molecule has 3 aromatic rings. The first kappa shape index (κ1) is 17.4. The fourth-order valence-corrected chi connectivity index (χ4v) is 3.49. The summed E-state index contributed by atoms with van der Waals surface area (Å²) >= 11 is 0. The van der Waals surface area contributed by atoms with E-state index in [2.05, 4.69) is 20.5 Å². The lowest BCUT2D eigenvalue weighted by atomic mass is 10.0. The molecule has 1 unspecified atom stereocenters. The molecule has 1 amide bonds. The summed E-state index contributed by atoms with van der Waals surface area (Å²) in [4.78, 5) is 19.5. The Bertz CT molecular complexity index is 1030. The molecule has 0 radical (unpaired) electrons. The Labute approximate surface area is 155 Å². The molecule has 1 fully saturated rings. The lowest BCUT2D eigenvalue weighted by molar-refractivity contribution is 0.0711. The van der Waals surface area contributed by atoms with Crippen LogP contribution >= 0.6 is 0 Å². The first-order chi connectivity index (χ1) is 12.9. The third-order valence-corrected chi connectivity index (χ3v) is 4.83. The highest BCUT2D eigenvalue weighted by molar-refractivity contribution is 6.07. The van der Waals surface area contributed by atoms with Crippen molar-refractivity contribution < 1.29 is 14.3 Å². The van der Waals surface area contributed by atoms with E-state index in [9.17, 15) is 14.3 Å². The van der Waals surface area contributed by atoms with Crippen molar-refractivity contribution in [3.05, 3.63) is 41.3 Å². The van der Waals surface area contributed by atoms with Crippen LogP contribution in [0.4, 0.5) is 4.39 Å². The molecule has 2 aromatic heterocycles. The molecular weight excluding hydrogens is 349 g/mol. The second kappa shape index (κ2) is 6.62. The number of benzene rings is 1. The van der Waals surface area contributed by atoms with Crippen molar-refractivity contribution in [3.8, 4) is 17.0 Å². The largest absolute Gasteiger partial charge is 0.508 e. The Balaban J connectivity index is 1.85. The van der Waals surface area contributed by atoms with E-state index in [1.54, 1.807) is 17.9 Å². The van der Waals surface area contributed by atoms with Crippen molar-refractivity contribution in [1.29, 1.82) is 0 Å². The maximum absolute atomic E-state index is 14.4. The molecule has 140 valence electrons. The number of hydrogen-bond acceptors (Lipinski definition) is 5. The highest BCUT2D eigenvalue weighted by Gasteiger charge is 2.26. The number of rotatable bonds is 2. The zero-order chi connectivity index (χ0) is 19.1. The summed E-state index contributed by atoms with van der Waals surface area (Å²) in [6.07, 6.45) is 0. The number of aromatic hydroxyl groups is 1. The van der Waals surface area contributed by atoms with E-state index in [1.165, 1.54) is 12.1 Å². The lowest BCUT2D eigenvalue weighted by Gasteiger charge is -2.32. The Kier molecular flexibility index (Phi) is 4.27. The number of nitrogens with one attached hydrogen (secondary N) is 2. The van der Waals surface area contributed by atoms with Gasteiger partial charge in [0.25, 0.3) is 5.91 Å². The second-order valence-corrected chi connectivity index (χ2v) is 6.86. The molecule has 1 atom stereocenters. The predicted octanol–water partition coefficient (Wildman–Crippen LogP) is 2.21. The topological polar surface area (TPSA) is 94.1 Å². The van der Waals surface area contributed by atoms with Gasteiger partial charge in [-0.25, -0.2) is 9.37 Å². The summed E-state index contributed by atoms with van der Waals surface area (Å²) in [6.45, 7) is 5.76. The number of H-pyrrole nitrogens is 1. The van der Waals surface area contributed by atoms with E-state index in [0.717, 1.165) is 12.6 Å². The number of piperazine rings is 1. The van der Waals surface area contributed by atoms with Gasteiger partial charge in [0.15, 0.2) is 5.65 Å². The predicted molar refractivity (Wildman–Crippen MR) is 99.1 cm³/mol. The third-order valence-electron chi connectivity index (χ3n) is 4.83. The molecule has 1 aliphatic rings. The van der Waals surface area contributed by atoms with Crippen molar-refractivity contribution >= 4 is 16.9 Å². The number of phenols is 1. The zero-order valence-electron chi connectivity index (χ0n) is 15.1. The van der Waals surface area contributed by atoms with Crippen LogP contribution in [-0.4, -0.2) is 56.8 Å². The summed E-state index contributed by atoms with van der Waals surface area (Å²) in [6, 6.07) is 5.68. The molecule has 0 spiro atoms. The van der Waals surface area contributed by atoms with Crippen LogP contribution in [0.2, 0.25) is 0 Å². The van der Waals surface area contributed by atoms with E-state index in [4.69, 9.17) is 0 Å². The number of halogens is 1. The summed E-state index contributed by atoms with van der Waals surface area (Å²) in [7, 11) is 0. The molecule has 1 saturated heterocycles. The van der Waals surface area contributed by atoms with Crippen molar-refractivity contribution in [2.75, 3.05) is 19.6 Å². The van der Waals surface area contributed by atoms with E-state index in [1.807, 2.05) is 6.92 Å². The highest BCUT2D eigenvalue weighted by Crippen LogP contribution is 2.29. The normalized spacial score (nSPS) is 17.4. The first-order valence-electron chi connectivity index (χ1n) is 8.81. The maximum atomic E-state index is 14.4. The molecule has 3 N–H and O–H groups in total. The molecule has 8 heteroatoms. The number of carbonyl (C=O) groups excluding carboxylic acids is 1. The Morgan fingerprint density at radius 3 is 2.93 bits per heavy atom. The molecule has 0 bridgehead atoms. The van der Waals surface area contributed by atoms with E-state index in [-0.39, 0.29) is 23.3 Å². The van der Waals surface area contributed by atoms with Crippen molar-refractivity contribution in [3.63, 3.8) is 0 Å². The molecule has 0 aliphatic carbocycles. The van der Waals surface area contributed by atoms with Gasteiger partial charge >= 0.3 is 0 Å². The second-order valence-electron chi connectivity index (χ2n) is 6.86. The zero-order valence-corrected chi connectivity index (χ0v) is 15.1. The van der Waals surface area contributed by atoms with Gasteiger partial charge in [-0.05, 0) is 32.0 Å². The molecule has 7 nitrogen and oxygen atoms in total. The number of amides is 1. The summed E-state index contributed by atoms with van der Waals surface area (Å²) in [5.74, 6) is -0.895. The lowest BCUT2D eigenvalue weighted by Crippen LogP contribution is -2.51. The maximum Gasteiger partial charge on any atom is 0.254 e. The van der Waals surface area contributed by atoms with Crippen molar-refractivity contribution in [2.24, 2.45) is 0 Å². The van der Waals surface area contributed by atoms with Gasteiger partial charge in [0.2, 0.25) is 0 Å². The van der Waals surface area contributed by atoms with Crippen molar-refractivity contribution in [2.45, 2.75) is 19.9 Å². The van der Waals surface area contributed by atoms with Gasteiger partial charge in [-0.15, -0.1) is 0 Å². The summed E-state index contributed by atoms with van der Waals surface area (Å²) in [5.41, 5.74) is 2.08. The van der Waals surface area contributed by atoms with Gasteiger partial charge in [0.05, 0.1) is 22.3 Å². The molecule has 0 saturated carbocycles. The first-order valence-corrected chi connectivity index (χ1v) is 8.81. The number of fused-ring (bicyclic) bond motifs is 1. The van der Waals surface area contributed by atoms with Gasteiger partial charge in [0.1, 0.15) is 11.6 Å². The van der Waals surface area contributed by atoms with Crippen LogP contribution in [0.25, 0.3) is 22.3 Å². The van der Waals surface area contributed by atoms with Crippen LogP contribution in [0.5, 0.6) is 5.75 Å². The average molecular weight is 369 g/mol. The number of pyridine rings is 1. The van der Waals surface area contributed by atoms with Crippen LogP contribution in [0.1, 0.15) is 23.0 Å². The number of carbonyl (C=O) groups is 1. The van der Waals surface area contributed by atoms with Crippen LogP contribution in [0, 0.1) is 12.7 Å². The molecule has 27 heavy (non-hydrogen) atoms. The number of aromatic amines is 1. The Morgan fingerprint density at radius 1 is 1.37 bits per heavy atom. The number of phenolic OH excluding ortho intramolecular Hbond substituents is 1. The minimum Gasteiger partial charge on any atom is -0.508 e. The summed E-state index contributed by atoms with van der Waals surface area (Å²) in [5, 5.41) is 20.4. The van der Waals surface area contributed by atoms with Crippen LogP contribution < -0.4 is 5.32 Å². The Hall–Kier alpha value is -3.00. The van der Waals surface area contributed by atoms with Gasteiger partial charge in [-0.3, -0.25) is 9.89 Å². The Morgan fingerprint density at radius 2 is 2.19 bits per heavy atom. The van der Waals surface area contributed by atoms with Crippen LogP contribution in [0.15, 0.2) is 24.3 Å². The quantitative estimate of drug-likeness (QED) is 0.644. The molecule has 1 aromatic carbocycles. The third kappa shape index (κ3) is 3.12. The average Bonchev–Trinajstić information content (AvgIpc) is 3.01. The number of hydrogen-bond donors (Lipinski definition) is 3. The smallest absolute Gasteiger partial charge is 0.254 e. The van der Waals surface area contributed by atoms with Gasteiger partial charge in [-0.2, -0.15) is 5.10 Å². The SMILES string of the molecule is Cc1n[nH]c2nc(-c3ccc(O)cc3F)cc(C(=O)N3CCNC(C)C3)c12.